The van der Waals surface area contributed by atoms with E-state index < -0.39 is 10.0 Å². The number of hydrogen-bond acceptors (Lipinski definition) is 6. The average molecular weight is 264 g/mol. The quantitative estimate of drug-likeness (QED) is 0.849. The van der Waals surface area contributed by atoms with E-state index in [0.717, 1.165) is 17.8 Å². The zero-order valence-electron chi connectivity index (χ0n) is 9.54. The maximum absolute atomic E-state index is 12.0. The summed E-state index contributed by atoms with van der Waals surface area (Å²) in [4.78, 5) is 0. The first-order valence-electron chi connectivity index (χ1n) is 4.93. The molecule has 0 aliphatic heterocycles. The zero-order chi connectivity index (χ0) is 12.3. The molecule has 0 saturated carbocycles. The molecule has 0 aliphatic carbocycles. The Balaban J connectivity index is 2.86. The summed E-state index contributed by atoms with van der Waals surface area (Å²) < 4.78 is 25.2. The first kappa shape index (κ1) is 13.3. The smallest absolute Gasteiger partial charge is 0.272 e. The standard InChI is InChI=1S/C8H16N4O2S2/c1-4-6(2)5-12(3)16(13,14)8-11-10-7(9)15-8/h6H,4-5H2,1-3H3,(H2,9,10). The number of sulfonamides is 1. The molecule has 0 spiro atoms. The predicted octanol–water partition coefficient (Wildman–Crippen LogP) is 0.787. The Hall–Kier alpha value is -0.730. The fraction of sp³-hybridized carbons (Fsp3) is 0.750. The Morgan fingerprint density at radius 1 is 1.50 bits per heavy atom. The highest BCUT2D eigenvalue weighted by Crippen LogP contribution is 2.21. The first-order valence-corrected chi connectivity index (χ1v) is 7.19. The van der Waals surface area contributed by atoms with E-state index in [2.05, 4.69) is 10.2 Å². The molecule has 0 bridgehead atoms. The fourth-order valence-electron chi connectivity index (χ4n) is 1.12. The first-order chi connectivity index (χ1) is 7.37. The molecule has 1 aromatic rings. The summed E-state index contributed by atoms with van der Waals surface area (Å²) in [6.07, 6.45) is 0.929. The lowest BCUT2D eigenvalue weighted by atomic mass is 10.1. The molecule has 0 aliphatic rings. The largest absolute Gasteiger partial charge is 0.374 e. The third kappa shape index (κ3) is 2.89. The van der Waals surface area contributed by atoms with E-state index in [1.165, 1.54) is 4.31 Å². The summed E-state index contributed by atoms with van der Waals surface area (Å²) in [5.74, 6) is 0.310. The molecular formula is C8H16N4O2S2. The molecule has 0 saturated heterocycles. The summed E-state index contributed by atoms with van der Waals surface area (Å²) in [5.41, 5.74) is 5.36. The van der Waals surface area contributed by atoms with Crippen LogP contribution in [-0.4, -0.2) is 36.5 Å². The number of nitrogen functional groups attached to an aromatic ring is 1. The van der Waals surface area contributed by atoms with Gasteiger partial charge in [0.25, 0.3) is 10.0 Å². The highest BCUT2D eigenvalue weighted by atomic mass is 32.2. The monoisotopic (exact) mass is 264 g/mol. The van der Waals surface area contributed by atoms with Gasteiger partial charge in [0.1, 0.15) is 0 Å². The van der Waals surface area contributed by atoms with E-state index in [1.54, 1.807) is 7.05 Å². The van der Waals surface area contributed by atoms with Crippen LogP contribution in [0.15, 0.2) is 4.34 Å². The molecule has 1 atom stereocenters. The van der Waals surface area contributed by atoms with Crippen molar-refractivity contribution >= 4 is 26.5 Å². The second-order valence-corrected chi connectivity index (χ2v) is 6.93. The van der Waals surface area contributed by atoms with Gasteiger partial charge in [-0.2, -0.15) is 4.31 Å². The van der Waals surface area contributed by atoms with E-state index in [0.29, 0.717) is 12.5 Å². The molecule has 1 aromatic heterocycles. The van der Waals surface area contributed by atoms with E-state index in [4.69, 9.17) is 5.73 Å². The van der Waals surface area contributed by atoms with Gasteiger partial charge < -0.3 is 5.73 Å². The molecule has 2 N–H and O–H groups in total. The van der Waals surface area contributed by atoms with Gasteiger partial charge in [-0.05, 0) is 5.92 Å². The molecule has 6 nitrogen and oxygen atoms in total. The minimum Gasteiger partial charge on any atom is -0.374 e. The lowest BCUT2D eigenvalue weighted by Gasteiger charge is -2.18. The van der Waals surface area contributed by atoms with E-state index >= 15 is 0 Å². The van der Waals surface area contributed by atoms with E-state index in [-0.39, 0.29) is 9.47 Å². The van der Waals surface area contributed by atoms with Crippen molar-refractivity contribution in [1.29, 1.82) is 0 Å². The summed E-state index contributed by atoms with van der Waals surface area (Å²) in [6, 6.07) is 0. The van der Waals surface area contributed by atoms with Gasteiger partial charge in [0, 0.05) is 13.6 Å². The van der Waals surface area contributed by atoms with Crippen LogP contribution in [0.4, 0.5) is 5.13 Å². The fourth-order valence-corrected chi connectivity index (χ4v) is 3.39. The Kier molecular flexibility index (Phi) is 4.22. The van der Waals surface area contributed by atoms with Crippen molar-refractivity contribution in [3.63, 3.8) is 0 Å². The number of rotatable bonds is 5. The van der Waals surface area contributed by atoms with Crippen molar-refractivity contribution in [3.8, 4) is 0 Å². The highest BCUT2D eigenvalue weighted by molar-refractivity contribution is 7.91. The summed E-state index contributed by atoms with van der Waals surface area (Å²) in [6.45, 7) is 4.49. The van der Waals surface area contributed by atoms with Gasteiger partial charge in [-0.3, -0.25) is 0 Å². The second kappa shape index (κ2) is 5.07. The summed E-state index contributed by atoms with van der Waals surface area (Å²) >= 11 is 0.884. The number of nitrogens with zero attached hydrogens (tertiary/aromatic N) is 3. The number of nitrogens with two attached hydrogens (primary N) is 1. The van der Waals surface area contributed by atoms with Crippen LogP contribution >= 0.6 is 11.3 Å². The van der Waals surface area contributed by atoms with Crippen molar-refractivity contribution in [2.45, 2.75) is 24.6 Å². The van der Waals surface area contributed by atoms with Crippen LogP contribution in [0.5, 0.6) is 0 Å². The normalized spacial score (nSPS) is 14.2. The van der Waals surface area contributed by atoms with Gasteiger partial charge in [0.05, 0.1) is 0 Å². The molecule has 0 aromatic carbocycles. The maximum Gasteiger partial charge on any atom is 0.272 e. The Morgan fingerprint density at radius 3 is 2.56 bits per heavy atom. The molecule has 1 unspecified atom stereocenters. The molecule has 8 heteroatoms. The van der Waals surface area contributed by atoms with Crippen LogP contribution in [-0.2, 0) is 10.0 Å². The molecule has 92 valence electrons. The summed E-state index contributed by atoms with van der Waals surface area (Å²) in [5, 5.41) is 7.22. The Morgan fingerprint density at radius 2 is 2.12 bits per heavy atom. The maximum atomic E-state index is 12.0. The number of aromatic nitrogens is 2. The number of anilines is 1. The van der Waals surface area contributed by atoms with Crippen molar-refractivity contribution in [1.82, 2.24) is 14.5 Å². The van der Waals surface area contributed by atoms with Gasteiger partial charge >= 0.3 is 0 Å². The van der Waals surface area contributed by atoms with Crippen LogP contribution in [0.1, 0.15) is 20.3 Å². The molecule has 0 amide bonds. The third-order valence-corrected chi connectivity index (χ3v) is 5.24. The molecule has 0 fully saturated rings. The van der Waals surface area contributed by atoms with Gasteiger partial charge in [0.2, 0.25) is 9.47 Å². The Bertz CT molecular complexity index is 443. The average Bonchev–Trinajstić information content (AvgIpc) is 2.65. The van der Waals surface area contributed by atoms with Gasteiger partial charge in [-0.15, -0.1) is 10.2 Å². The molecule has 1 heterocycles. The van der Waals surface area contributed by atoms with Crippen LogP contribution < -0.4 is 5.73 Å². The minimum absolute atomic E-state index is 0.0456. The lowest BCUT2D eigenvalue weighted by molar-refractivity contribution is 0.393. The van der Waals surface area contributed by atoms with Crippen LogP contribution in [0.25, 0.3) is 0 Å². The Labute approximate surface area is 99.5 Å². The molecule has 16 heavy (non-hydrogen) atoms. The zero-order valence-corrected chi connectivity index (χ0v) is 11.2. The van der Waals surface area contributed by atoms with Crippen molar-refractivity contribution in [2.24, 2.45) is 5.92 Å². The topological polar surface area (TPSA) is 89.2 Å². The number of hydrogen-bond donors (Lipinski definition) is 1. The van der Waals surface area contributed by atoms with Crippen LogP contribution in [0.2, 0.25) is 0 Å². The van der Waals surface area contributed by atoms with Gasteiger partial charge in [0.15, 0.2) is 0 Å². The summed E-state index contributed by atoms with van der Waals surface area (Å²) in [7, 11) is -1.98. The second-order valence-electron chi connectivity index (χ2n) is 3.71. The lowest BCUT2D eigenvalue weighted by Crippen LogP contribution is -2.31. The van der Waals surface area contributed by atoms with Gasteiger partial charge in [-0.1, -0.05) is 31.6 Å². The highest BCUT2D eigenvalue weighted by Gasteiger charge is 2.25. The molecular weight excluding hydrogens is 248 g/mol. The van der Waals surface area contributed by atoms with Gasteiger partial charge in [-0.25, -0.2) is 8.42 Å². The van der Waals surface area contributed by atoms with Crippen LogP contribution in [0, 0.1) is 5.92 Å². The predicted molar refractivity (Wildman–Crippen MR) is 63.6 cm³/mol. The van der Waals surface area contributed by atoms with Crippen molar-refractivity contribution < 1.29 is 8.42 Å². The van der Waals surface area contributed by atoms with E-state index in [9.17, 15) is 8.42 Å². The van der Waals surface area contributed by atoms with Crippen molar-refractivity contribution in [2.75, 3.05) is 19.3 Å². The SMILES string of the molecule is CCC(C)CN(C)S(=O)(=O)c1nnc(N)s1. The van der Waals surface area contributed by atoms with E-state index in [1.807, 2.05) is 13.8 Å². The minimum atomic E-state index is -3.53. The van der Waals surface area contributed by atoms with Crippen molar-refractivity contribution in [3.05, 3.63) is 0 Å². The third-order valence-electron chi connectivity index (χ3n) is 2.32. The van der Waals surface area contributed by atoms with Crippen LogP contribution in [0.3, 0.4) is 0 Å². The molecule has 1 rings (SSSR count). The molecule has 0 radical (unpaired) electrons.